The van der Waals surface area contributed by atoms with Gasteiger partial charge in [-0.3, -0.25) is 0 Å². The van der Waals surface area contributed by atoms with Crippen molar-refractivity contribution in [2.45, 2.75) is 27.6 Å². The Balaban J connectivity index is 2.35. The van der Waals surface area contributed by atoms with E-state index in [1.165, 1.54) is 0 Å². The molecule has 0 fully saturated rings. The van der Waals surface area contributed by atoms with Crippen molar-refractivity contribution >= 4 is 34.9 Å². The van der Waals surface area contributed by atoms with E-state index < -0.39 is 0 Å². The monoisotopic (exact) mass is 279 g/mol. The Morgan fingerprint density at radius 3 is 2.62 bits per heavy atom. The summed E-state index contributed by atoms with van der Waals surface area (Å²) in [6, 6.07) is 0. The zero-order valence-corrected chi connectivity index (χ0v) is 12.1. The third kappa shape index (κ3) is 4.21. The topological polar surface area (TPSA) is 58.0 Å². The second-order valence-electron chi connectivity index (χ2n) is 3.61. The van der Waals surface area contributed by atoms with Crippen molar-refractivity contribution < 1.29 is 5.11 Å². The van der Waals surface area contributed by atoms with E-state index in [0.29, 0.717) is 0 Å². The van der Waals surface area contributed by atoms with E-state index in [1.54, 1.807) is 34.9 Å². The maximum absolute atomic E-state index is 9.22. The maximum atomic E-state index is 9.22. The highest BCUT2D eigenvalue weighted by molar-refractivity contribution is 8.02. The Labute approximate surface area is 109 Å². The van der Waals surface area contributed by atoms with Gasteiger partial charge < -0.3 is 10.4 Å². The Hall–Kier alpha value is 0.180. The molecule has 92 valence electrons. The molecule has 1 rings (SSSR count). The van der Waals surface area contributed by atoms with Crippen LogP contribution in [0.5, 0.6) is 0 Å². The molecule has 2 N–H and O–H groups in total. The van der Waals surface area contributed by atoms with Gasteiger partial charge >= 0.3 is 0 Å². The van der Waals surface area contributed by atoms with Gasteiger partial charge in [0.05, 0.1) is 6.61 Å². The molecule has 0 aliphatic heterocycles. The highest BCUT2D eigenvalue weighted by Gasteiger charge is 2.20. The van der Waals surface area contributed by atoms with Gasteiger partial charge in [-0.05, 0) is 26.6 Å². The summed E-state index contributed by atoms with van der Waals surface area (Å²) in [6.07, 6.45) is 2.90. The van der Waals surface area contributed by atoms with E-state index >= 15 is 0 Å². The van der Waals surface area contributed by atoms with Gasteiger partial charge in [-0.15, -0.1) is 10.2 Å². The average molecular weight is 279 g/mol. The lowest BCUT2D eigenvalue weighted by Gasteiger charge is -2.26. The predicted octanol–water partition coefficient (Wildman–Crippen LogP) is 1.71. The number of hydrogen-bond donors (Lipinski definition) is 2. The van der Waals surface area contributed by atoms with Crippen LogP contribution in [-0.2, 0) is 0 Å². The lowest BCUT2D eigenvalue weighted by Crippen LogP contribution is -2.43. The van der Waals surface area contributed by atoms with Crippen molar-refractivity contribution in [3.05, 3.63) is 0 Å². The minimum absolute atomic E-state index is 0.149. The summed E-state index contributed by atoms with van der Waals surface area (Å²) < 4.78 is 2.00. The van der Waals surface area contributed by atoms with Crippen LogP contribution in [0.2, 0.25) is 0 Å². The van der Waals surface area contributed by atoms with E-state index in [0.717, 1.165) is 20.9 Å². The molecule has 0 aromatic carbocycles. The minimum atomic E-state index is -0.194. The van der Waals surface area contributed by atoms with Gasteiger partial charge in [0, 0.05) is 11.3 Å². The van der Waals surface area contributed by atoms with Crippen LogP contribution in [0.15, 0.2) is 8.68 Å². The van der Waals surface area contributed by atoms with Crippen LogP contribution < -0.4 is 5.32 Å². The first-order valence-corrected chi connectivity index (χ1v) is 7.96. The molecule has 0 radical (unpaired) electrons. The first-order chi connectivity index (χ1) is 7.63. The number of aliphatic hydroxyl groups is 1. The fourth-order valence-electron chi connectivity index (χ4n) is 0.985. The fraction of sp³-hybridized carbons (Fsp3) is 0.778. The van der Waals surface area contributed by atoms with Crippen molar-refractivity contribution in [2.75, 3.05) is 25.7 Å². The Morgan fingerprint density at radius 1 is 1.44 bits per heavy atom. The minimum Gasteiger partial charge on any atom is -0.394 e. The highest BCUT2D eigenvalue weighted by Crippen LogP contribution is 2.28. The molecule has 1 unspecified atom stereocenters. The molecule has 0 amide bonds. The fourth-order valence-corrected chi connectivity index (χ4v) is 3.70. The molecular weight excluding hydrogens is 262 g/mol. The molecule has 0 aliphatic rings. The SMILES string of the molecule is CNC(C)(CO)CCSc1nnc(SC)s1. The normalized spacial score (nSPS) is 15.0. The number of aliphatic hydroxyl groups excluding tert-OH is 1. The third-order valence-electron chi connectivity index (χ3n) is 2.39. The van der Waals surface area contributed by atoms with Crippen LogP contribution in [0.4, 0.5) is 0 Å². The molecule has 0 saturated heterocycles. The van der Waals surface area contributed by atoms with Gasteiger partial charge in [0.15, 0.2) is 8.68 Å². The van der Waals surface area contributed by atoms with Gasteiger partial charge in [0.1, 0.15) is 0 Å². The van der Waals surface area contributed by atoms with Gasteiger partial charge in [0.2, 0.25) is 0 Å². The van der Waals surface area contributed by atoms with Crippen LogP contribution >= 0.6 is 34.9 Å². The van der Waals surface area contributed by atoms with E-state index in [1.807, 2.05) is 20.2 Å². The molecule has 1 aromatic rings. The molecule has 0 bridgehead atoms. The first-order valence-electron chi connectivity index (χ1n) is 4.93. The van der Waals surface area contributed by atoms with Crippen molar-refractivity contribution in [2.24, 2.45) is 0 Å². The number of rotatable bonds is 7. The van der Waals surface area contributed by atoms with Gasteiger partial charge in [-0.2, -0.15) is 0 Å². The first kappa shape index (κ1) is 14.2. The molecule has 4 nitrogen and oxygen atoms in total. The Kier molecular flexibility index (Phi) is 6.06. The largest absolute Gasteiger partial charge is 0.394 e. The zero-order chi connectivity index (χ0) is 12.0. The summed E-state index contributed by atoms with van der Waals surface area (Å²) in [5.41, 5.74) is -0.194. The van der Waals surface area contributed by atoms with Crippen LogP contribution in [0, 0.1) is 0 Å². The number of likely N-dealkylation sites (N-methyl/N-ethyl adjacent to an activating group) is 1. The average Bonchev–Trinajstić information content (AvgIpc) is 2.77. The van der Waals surface area contributed by atoms with E-state index in [2.05, 4.69) is 15.5 Å². The number of thioether (sulfide) groups is 2. The Bertz CT molecular complexity index is 315. The second kappa shape index (κ2) is 6.80. The summed E-state index contributed by atoms with van der Waals surface area (Å²) in [5, 5.41) is 20.5. The van der Waals surface area contributed by atoms with Crippen molar-refractivity contribution in [3.63, 3.8) is 0 Å². The third-order valence-corrected chi connectivity index (χ3v) is 5.43. The molecule has 1 atom stereocenters. The van der Waals surface area contributed by atoms with Crippen LogP contribution in [0.25, 0.3) is 0 Å². The quantitative estimate of drug-likeness (QED) is 0.741. The van der Waals surface area contributed by atoms with E-state index in [-0.39, 0.29) is 12.1 Å². The zero-order valence-electron chi connectivity index (χ0n) is 9.69. The molecule has 0 saturated carbocycles. The van der Waals surface area contributed by atoms with E-state index in [9.17, 15) is 5.11 Å². The van der Waals surface area contributed by atoms with Gasteiger partial charge in [0.25, 0.3) is 0 Å². The van der Waals surface area contributed by atoms with Crippen LogP contribution in [0.1, 0.15) is 13.3 Å². The number of nitrogens with one attached hydrogen (secondary N) is 1. The highest BCUT2D eigenvalue weighted by atomic mass is 32.2. The molecule has 7 heteroatoms. The number of aromatic nitrogens is 2. The summed E-state index contributed by atoms with van der Waals surface area (Å²) in [5.74, 6) is 0.931. The Morgan fingerprint density at radius 2 is 2.12 bits per heavy atom. The number of nitrogens with zero attached hydrogens (tertiary/aromatic N) is 2. The summed E-state index contributed by atoms with van der Waals surface area (Å²) in [7, 11) is 1.87. The van der Waals surface area contributed by atoms with Crippen LogP contribution in [0.3, 0.4) is 0 Å². The summed E-state index contributed by atoms with van der Waals surface area (Å²) >= 11 is 4.93. The van der Waals surface area contributed by atoms with Crippen molar-refractivity contribution in [1.29, 1.82) is 0 Å². The molecule has 0 spiro atoms. The van der Waals surface area contributed by atoms with E-state index in [4.69, 9.17) is 0 Å². The number of hydrogen-bond acceptors (Lipinski definition) is 7. The molecular formula is C9H17N3OS3. The van der Waals surface area contributed by atoms with Crippen molar-refractivity contribution in [3.8, 4) is 0 Å². The van der Waals surface area contributed by atoms with Gasteiger partial charge in [-0.1, -0.05) is 34.9 Å². The summed E-state index contributed by atoms with van der Waals surface area (Å²) in [6.45, 7) is 2.16. The molecule has 0 aliphatic carbocycles. The van der Waals surface area contributed by atoms with Gasteiger partial charge in [-0.25, -0.2) is 0 Å². The molecule has 16 heavy (non-hydrogen) atoms. The predicted molar refractivity (Wildman–Crippen MR) is 71.6 cm³/mol. The summed E-state index contributed by atoms with van der Waals surface area (Å²) in [4.78, 5) is 0. The maximum Gasteiger partial charge on any atom is 0.175 e. The lowest BCUT2D eigenvalue weighted by molar-refractivity contribution is 0.179. The smallest absolute Gasteiger partial charge is 0.175 e. The lowest BCUT2D eigenvalue weighted by atomic mass is 10.0. The van der Waals surface area contributed by atoms with Crippen molar-refractivity contribution in [1.82, 2.24) is 15.5 Å². The molecule has 1 heterocycles. The second-order valence-corrected chi connectivity index (χ2v) is 6.98. The standard InChI is InChI=1S/C9H17N3OS3/c1-9(6-13,10-2)4-5-15-8-12-11-7(14-3)16-8/h10,13H,4-6H2,1-3H3. The van der Waals surface area contributed by atoms with Crippen LogP contribution in [-0.4, -0.2) is 46.5 Å². The molecule has 1 aromatic heterocycles.